The quantitative estimate of drug-likeness (QED) is 0.424. The minimum Gasteiger partial charge on any atom is -0.466 e. The summed E-state index contributed by atoms with van der Waals surface area (Å²) < 4.78 is 4.78. The third-order valence-electron chi connectivity index (χ3n) is 3.66. The predicted octanol–water partition coefficient (Wildman–Crippen LogP) is 4.98. The van der Waals surface area contributed by atoms with E-state index in [1.54, 1.807) is 6.08 Å². The van der Waals surface area contributed by atoms with Gasteiger partial charge in [0.25, 0.3) is 0 Å². The average Bonchev–Trinajstić information content (AvgIpc) is 2.53. The summed E-state index contributed by atoms with van der Waals surface area (Å²) in [4.78, 5) is 11.6. The first-order valence-corrected chi connectivity index (χ1v) is 7.52. The zero-order valence-corrected chi connectivity index (χ0v) is 12.8. The summed E-state index contributed by atoms with van der Waals surface area (Å²) in [7, 11) is 1.42. The van der Waals surface area contributed by atoms with Crippen LogP contribution in [0.15, 0.2) is 48.5 Å². The molecule has 2 heteroatoms. The lowest BCUT2D eigenvalue weighted by Crippen LogP contribution is -1.97. The van der Waals surface area contributed by atoms with Gasteiger partial charge in [-0.3, -0.25) is 0 Å². The van der Waals surface area contributed by atoms with Crippen molar-refractivity contribution in [2.24, 2.45) is 0 Å². The number of methoxy groups -OCH3 is 1. The lowest BCUT2D eigenvalue weighted by Gasteiger charge is -2.09. The number of allylic oxidation sites excluding steroid dienone is 1. The third-order valence-corrected chi connectivity index (χ3v) is 3.66. The van der Waals surface area contributed by atoms with E-state index in [-0.39, 0.29) is 5.97 Å². The van der Waals surface area contributed by atoms with Gasteiger partial charge in [-0.2, -0.15) is 0 Å². The SMILES string of the molecule is CCCCC/C(=C\C(=O)OC)c1ccc2ccccc2c1. The summed E-state index contributed by atoms with van der Waals surface area (Å²) in [5.74, 6) is -0.283. The maximum atomic E-state index is 11.6. The molecule has 0 aliphatic heterocycles. The van der Waals surface area contributed by atoms with E-state index >= 15 is 0 Å². The number of hydrogen-bond donors (Lipinski definition) is 0. The zero-order chi connectivity index (χ0) is 15.1. The minimum atomic E-state index is -0.283. The molecule has 0 spiro atoms. The number of unbranched alkanes of at least 4 members (excludes halogenated alkanes) is 2. The van der Waals surface area contributed by atoms with Gasteiger partial charge in [0.1, 0.15) is 0 Å². The van der Waals surface area contributed by atoms with Crippen LogP contribution in [-0.2, 0) is 9.53 Å². The van der Waals surface area contributed by atoms with Gasteiger partial charge in [0, 0.05) is 6.08 Å². The highest BCUT2D eigenvalue weighted by molar-refractivity contribution is 5.93. The summed E-state index contributed by atoms with van der Waals surface area (Å²) in [5.41, 5.74) is 2.16. The van der Waals surface area contributed by atoms with E-state index in [0.717, 1.165) is 24.0 Å². The second kappa shape index (κ2) is 7.63. The molecule has 0 radical (unpaired) electrons. The number of carbonyl (C=O) groups is 1. The number of fused-ring (bicyclic) bond motifs is 1. The first-order valence-electron chi connectivity index (χ1n) is 7.52. The Labute approximate surface area is 126 Å². The van der Waals surface area contributed by atoms with Crippen molar-refractivity contribution in [3.63, 3.8) is 0 Å². The molecule has 0 saturated carbocycles. The Kier molecular flexibility index (Phi) is 5.56. The molecule has 0 bridgehead atoms. The molecule has 0 unspecified atom stereocenters. The standard InChI is InChI=1S/C19H22O2/c1-3-4-5-9-17(14-19(20)21-2)18-12-11-15-8-6-7-10-16(15)13-18/h6-8,10-14H,3-5,9H2,1-2H3/b17-14+. The molecule has 0 N–H and O–H groups in total. The highest BCUT2D eigenvalue weighted by Crippen LogP contribution is 2.25. The van der Waals surface area contributed by atoms with E-state index in [4.69, 9.17) is 4.74 Å². The van der Waals surface area contributed by atoms with Crippen LogP contribution in [0.4, 0.5) is 0 Å². The predicted molar refractivity (Wildman–Crippen MR) is 88.1 cm³/mol. The van der Waals surface area contributed by atoms with Crippen molar-refractivity contribution >= 4 is 22.3 Å². The highest BCUT2D eigenvalue weighted by Gasteiger charge is 2.06. The smallest absolute Gasteiger partial charge is 0.330 e. The monoisotopic (exact) mass is 282 g/mol. The topological polar surface area (TPSA) is 26.3 Å². The molecule has 2 aromatic rings. The summed E-state index contributed by atoms with van der Waals surface area (Å²) in [6.45, 7) is 2.18. The Morgan fingerprint density at radius 3 is 2.57 bits per heavy atom. The van der Waals surface area contributed by atoms with Gasteiger partial charge in [-0.1, -0.05) is 56.2 Å². The van der Waals surface area contributed by atoms with E-state index in [9.17, 15) is 4.79 Å². The van der Waals surface area contributed by atoms with Crippen LogP contribution >= 0.6 is 0 Å². The van der Waals surface area contributed by atoms with Gasteiger partial charge in [0.15, 0.2) is 0 Å². The number of rotatable bonds is 6. The van der Waals surface area contributed by atoms with Crippen LogP contribution in [-0.4, -0.2) is 13.1 Å². The van der Waals surface area contributed by atoms with Crippen LogP contribution in [0.1, 0.15) is 38.2 Å². The molecule has 21 heavy (non-hydrogen) atoms. The molecule has 0 fully saturated rings. The average molecular weight is 282 g/mol. The first-order chi connectivity index (χ1) is 10.2. The van der Waals surface area contributed by atoms with Gasteiger partial charge in [-0.25, -0.2) is 4.79 Å². The molecule has 2 rings (SSSR count). The lowest BCUT2D eigenvalue weighted by molar-refractivity contribution is -0.134. The van der Waals surface area contributed by atoms with Crippen molar-refractivity contribution in [3.8, 4) is 0 Å². The Hall–Kier alpha value is -2.09. The van der Waals surface area contributed by atoms with Crippen LogP contribution in [0.2, 0.25) is 0 Å². The normalized spacial score (nSPS) is 11.6. The van der Waals surface area contributed by atoms with E-state index in [2.05, 4.69) is 37.3 Å². The minimum absolute atomic E-state index is 0.283. The largest absolute Gasteiger partial charge is 0.466 e. The maximum Gasteiger partial charge on any atom is 0.330 e. The fourth-order valence-corrected chi connectivity index (χ4v) is 2.46. The van der Waals surface area contributed by atoms with Crippen molar-refractivity contribution in [1.29, 1.82) is 0 Å². The molecule has 0 aliphatic carbocycles. The zero-order valence-electron chi connectivity index (χ0n) is 12.8. The molecule has 0 atom stereocenters. The van der Waals surface area contributed by atoms with Gasteiger partial charge in [-0.05, 0) is 40.8 Å². The number of ether oxygens (including phenoxy) is 1. The van der Waals surface area contributed by atoms with Crippen LogP contribution < -0.4 is 0 Å². The molecule has 2 aromatic carbocycles. The van der Waals surface area contributed by atoms with Crippen molar-refractivity contribution in [2.45, 2.75) is 32.6 Å². The Morgan fingerprint density at radius 2 is 1.86 bits per heavy atom. The summed E-state index contributed by atoms with van der Waals surface area (Å²) >= 11 is 0. The van der Waals surface area contributed by atoms with E-state index in [0.29, 0.717) is 0 Å². The summed E-state index contributed by atoms with van der Waals surface area (Å²) in [5, 5.41) is 2.41. The van der Waals surface area contributed by atoms with Crippen LogP contribution in [0.5, 0.6) is 0 Å². The summed E-state index contributed by atoms with van der Waals surface area (Å²) in [6, 6.07) is 14.6. The van der Waals surface area contributed by atoms with E-state index in [1.807, 2.05) is 12.1 Å². The molecule has 0 amide bonds. The van der Waals surface area contributed by atoms with Crippen LogP contribution in [0, 0.1) is 0 Å². The second-order valence-electron chi connectivity index (χ2n) is 5.21. The van der Waals surface area contributed by atoms with Gasteiger partial charge in [-0.15, -0.1) is 0 Å². The number of benzene rings is 2. The molecule has 0 heterocycles. The molecule has 2 nitrogen and oxygen atoms in total. The van der Waals surface area contributed by atoms with E-state index < -0.39 is 0 Å². The van der Waals surface area contributed by atoms with Crippen LogP contribution in [0.3, 0.4) is 0 Å². The number of esters is 1. The van der Waals surface area contributed by atoms with Gasteiger partial charge < -0.3 is 4.74 Å². The highest BCUT2D eigenvalue weighted by atomic mass is 16.5. The van der Waals surface area contributed by atoms with E-state index in [1.165, 1.54) is 30.7 Å². The fourth-order valence-electron chi connectivity index (χ4n) is 2.46. The first kappa shape index (κ1) is 15.3. The number of carbonyl (C=O) groups excluding carboxylic acids is 1. The molecule has 0 saturated heterocycles. The van der Waals surface area contributed by atoms with Crippen LogP contribution in [0.25, 0.3) is 16.3 Å². The van der Waals surface area contributed by atoms with Crippen molar-refractivity contribution in [3.05, 3.63) is 54.1 Å². The Bertz CT molecular complexity index is 641. The third kappa shape index (κ3) is 4.19. The maximum absolute atomic E-state index is 11.6. The van der Waals surface area contributed by atoms with Gasteiger partial charge in [0.2, 0.25) is 0 Å². The van der Waals surface area contributed by atoms with Crippen molar-refractivity contribution in [2.75, 3.05) is 7.11 Å². The Balaban J connectivity index is 2.32. The molecular weight excluding hydrogens is 260 g/mol. The lowest BCUT2D eigenvalue weighted by atomic mass is 9.97. The van der Waals surface area contributed by atoms with Gasteiger partial charge in [0.05, 0.1) is 7.11 Å². The summed E-state index contributed by atoms with van der Waals surface area (Å²) in [6.07, 6.45) is 5.96. The molecule has 0 aliphatic rings. The molecular formula is C19H22O2. The number of hydrogen-bond acceptors (Lipinski definition) is 2. The molecule has 0 aromatic heterocycles. The van der Waals surface area contributed by atoms with Crippen molar-refractivity contribution in [1.82, 2.24) is 0 Å². The fraction of sp³-hybridized carbons (Fsp3) is 0.316. The van der Waals surface area contributed by atoms with Crippen molar-refractivity contribution < 1.29 is 9.53 Å². The Morgan fingerprint density at radius 1 is 1.10 bits per heavy atom. The van der Waals surface area contributed by atoms with Gasteiger partial charge >= 0.3 is 5.97 Å². The second-order valence-corrected chi connectivity index (χ2v) is 5.21. The molecule has 110 valence electrons.